The fraction of sp³-hybridized carbons (Fsp3) is 0.422. The van der Waals surface area contributed by atoms with Crippen LogP contribution in [0.5, 0.6) is 0 Å². The number of para-hydroxylation sites is 1. The van der Waals surface area contributed by atoms with Crippen LogP contribution >= 0.6 is 11.6 Å². The summed E-state index contributed by atoms with van der Waals surface area (Å²) in [5, 5.41) is 19.3. The third kappa shape index (κ3) is 15.9. The maximum absolute atomic E-state index is 14.1. The Morgan fingerprint density at radius 2 is 1.38 bits per heavy atom. The van der Waals surface area contributed by atoms with Crippen molar-refractivity contribution in [2.45, 2.75) is 96.1 Å². The average molecular weight is 963 g/mol. The van der Waals surface area contributed by atoms with E-state index in [-0.39, 0.29) is 32.2 Å². The SMILES string of the molecule is CCC(CNC(=O)[C@H](Cc1cnc[nH]1)NC(=O)CNC(=O)[C@@H](NC(=O)[C@H](C)NC(=O)[C@H](Cc1c[nH]c2ccccc12)NC(=O)[C@H](CCC(N)=O)NC(=O)[C@H](N)c1ccc(Cl)cc1)C(C)C)C(N)=O. The summed E-state index contributed by atoms with van der Waals surface area (Å²) in [4.78, 5) is 128. The number of amides is 9. The normalized spacial score (nSPS) is 14.2. The van der Waals surface area contributed by atoms with Gasteiger partial charge < -0.3 is 64.4 Å². The molecule has 7 atom stereocenters. The van der Waals surface area contributed by atoms with Crippen LogP contribution in [0.4, 0.5) is 0 Å². The molecule has 0 spiro atoms. The molecule has 0 saturated heterocycles. The highest BCUT2D eigenvalue weighted by Crippen LogP contribution is 2.20. The van der Waals surface area contributed by atoms with Crippen LogP contribution in [0.3, 0.4) is 0 Å². The molecule has 9 amide bonds. The number of H-pyrrole nitrogens is 2. The molecule has 4 rings (SSSR count). The number of carbonyl (C=O) groups is 9. The molecule has 2 heterocycles. The lowest BCUT2D eigenvalue weighted by atomic mass is 10.0. The first kappa shape index (κ1) is 53.3. The number of aromatic amines is 2. The summed E-state index contributed by atoms with van der Waals surface area (Å²) in [7, 11) is 0. The molecule has 0 saturated carbocycles. The molecule has 4 aromatic rings. The zero-order chi connectivity index (χ0) is 50.1. The number of carbonyl (C=O) groups excluding carboxylic acids is 9. The standard InChI is InChI=1S/C45H60ClN13O9/c1-5-25(39(49)62)18-52-41(64)34(17-29-20-50-22-54-29)56-36(61)21-53-45(68)38(23(2)3)59-40(63)24(4)55-43(66)33(16-27-19-51-31-9-7-6-8-30(27)31)58-42(65)32(14-15-35(47)60)57-44(67)37(48)26-10-12-28(46)13-11-26/h6-13,19-20,22-25,32-34,37-38,51H,5,14-18,21,48H2,1-4H3,(H2,47,60)(H2,49,62)(H,50,54)(H,52,64)(H,53,68)(H,55,66)(H,56,61)(H,57,67)(H,58,65)(H,59,63)/t24-,25?,32-,33-,34-,37+,38-/m0/s1. The molecule has 0 aliphatic heterocycles. The number of rotatable bonds is 26. The maximum atomic E-state index is 14.1. The Labute approximate surface area is 397 Å². The summed E-state index contributed by atoms with van der Waals surface area (Å²) in [6.07, 6.45) is 4.30. The largest absolute Gasteiger partial charge is 0.370 e. The van der Waals surface area contributed by atoms with Crippen molar-refractivity contribution in [3.8, 4) is 0 Å². The molecule has 1 unspecified atom stereocenters. The molecule has 0 aliphatic carbocycles. The number of halogens is 1. The van der Waals surface area contributed by atoms with Gasteiger partial charge in [0.15, 0.2) is 0 Å². The van der Waals surface area contributed by atoms with Gasteiger partial charge in [0.25, 0.3) is 0 Å². The molecule has 23 heteroatoms. The van der Waals surface area contributed by atoms with Crippen molar-refractivity contribution in [1.82, 2.24) is 52.2 Å². The zero-order valence-electron chi connectivity index (χ0n) is 38.2. The fourth-order valence-electron chi connectivity index (χ4n) is 6.97. The summed E-state index contributed by atoms with van der Waals surface area (Å²) < 4.78 is 0. The number of aromatic nitrogens is 3. The van der Waals surface area contributed by atoms with Crippen LogP contribution in [0.25, 0.3) is 10.9 Å². The summed E-state index contributed by atoms with van der Waals surface area (Å²) in [6.45, 7) is 5.77. The first-order valence-corrected chi connectivity index (χ1v) is 22.3. The molecule has 15 N–H and O–H groups in total. The van der Waals surface area contributed by atoms with Gasteiger partial charge in [-0.25, -0.2) is 4.98 Å². The van der Waals surface area contributed by atoms with Crippen LogP contribution in [-0.2, 0) is 56.0 Å². The van der Waals surface area contributed by atoms with Gasteiger partial charge >= 0.3 is 0 Å². The average Bonchev–Trinajstić information content (AvgIpc) is 3.98. The van der Waals surface area contributed by atoms with E-state index < -0.39 is 108 Å². The number of benzene rings is 2. The highest BCUT2D eigenvalue weighted by Gasteiger charge is 2.33. The van der Waals surface area contributed by atoms with Crippen molar-refractivity contribution in [1.29, 1.82) is 0 Å². The summed E-state index contributed by atoms with van der Waals surface area (Å²) in [5.41, 5.74) is 19.3. The molecular formula is C45H60ClN13O9. The number of nitrogens with one attached hydrogen (secondary N) is 9. The minimum absolute atomic E-state index is 0.00571. The van der Waals surface area contributed by atoms with Gasteiger partial charge in [0, 0.05) is 59.8 Å². The van der Waals surface area contributed by atoms with Gasteiger partial charge in [0.05, 0.1) is 18.8 Å². The van der Waals surface area contributed by atoms with E-state index >= 15 is 0 Å². The molecule has 0 bridgehead atoms. The van der Waals surface area contributed by atoms with E-state index in [1.165, 1.54) is 19.4 Å². The number of fused-ring (bicyclic) bond motifs is 1. The monoisotopic (exact) mass is 961 g/mol. The molecule has 68 heavy (non-hydrogen) atoms. The number of nitrogens with two attached hydrogens (primary N) is 3. The van der Waals surface area contributed by atoms with Crippen LogP contribution < -0.4 is 54.4 Å². The fourth-order valence-corrected chi connectivity index (χ4v) is 7.10. The lowest BCUT2D eigenvalue weighted by molar-refractivity contribution is -0.135. The summed E-state index contributed by atoms with van der Waals surface area (Å²) in [5.74, 6) is -7.76. The smallest absolute Gasteiger partial charge is 0.243 e. The van der Waals surface area contributed by atoms with E-state index in [2.05, 4.69) is 52.2 Å². The Balaban J connectivity index is 1.44. The molecule has 0 aliphatic rings. The summed E-state index contributed by atoms with van der Waals surface area (Å²) in [6, 6.07) is 5.85. The lowest BCUT2D eigenvalue weighted by Gasteiger charge is -2.26. The second-order valence-electron chi connectivity index (χ2n) is 16.6. The zero-order valence-corrected chi connectivity index (χ0v) is 38.9. The molecule has 2 aromatic carbocycles. The predicted octanol–water partition coefficient (Wildman–Crippen LogP) is -0.861. The van der Waals surface area contributed by atoms with Gasteiger partial charge in [-0.3, -0.25) is 43.2 Å². The first-order valence-electron chi connectivity index (χ1n) is 21.9. The molecule has 2 aromatic heterocycles. The Kier molecular flexibility index (Phi) is 20.0. The minimum Gasteiger partial charge on any atom is -0.370 e. The van der Waals surface area contributed by atoms with E-state index in [9.17, 15) is 43.2 Å². The summed E-state index contributed by atoms with van der Waals surface area (Å²) >= 11 is 5.98. The van der Waals surface area contributed by atoms with E-state index in [1.54, 1.807) is 57.3 Å². The van der Waals surface area contributed by atoms with Crippen molar-refractivity contribution in [3.63, 3.8) is 0 Å². The van der Waals surface area contributed by atoms with Gasteiger partial charge in [-0.1, -0.05) is 62.7 Å². The number of hydrogen-bond acceptors (Lipinski definition) is 11. The van der Waals surface area contributed by atoms with Crippen molar-refractivity contribution >= 4 is 75.7 Å². The van der Waals surface area contributed by atoms with Crippen LogP contribution in [0.2, 0.25) is 5.02 Å². The predicted molar refractivity (Wildman–Crippen MR) is 250 cm³/mol. The number of primary amides is 2. The van der Waals surface area contributed by atoms with Crippen molar-refractivity contribution in [3.05, 3.63) is 89.1 Å². The number of nitrogens with zero attached hydrogens (tertiary/aromatic N) is 1. The van der Waals surface area contributed by atoms with Gasteiger partial charge in [0.1, 0.15) is 36.3 Å². The second kappa shape index (κ2) is 25.5. The lowest BCUT2D eigenvalue weighted by Crippen LogP contribution is -2.59. The van der Waals surface area contributed by atoms with E-state index in [0.29, 0.717) is 28.3 Å². The topological polar surface area (TPSA) is 360 Å². The highest BCUT2D eigenvalue weighted by molar-refractivity contribution is 6.30. The Bertz CT molecular complexity index is 2410. The third-order valence-electron chi connectivity index (χ3n) is 11.0. The highest BCUT2D eigenvalue weighted by atomic mass is 35.5. The van der Waals surface area contributed by atoms with E-state index in [0.717, 1.165) is 10.9 Å². The molecule has 0 fully saturated rings. The van der Waals surface area contributed by atoms with Gasteiger partial charge in [0.2, 0.25) is 53.2 Å². The van der Waals surface area contributed by atoms with Crippen LogP contribution in [0.15, 0.2) is 67.3 Å². The maximum Gasteiger partial charge on any atom is 0.243 e. The van der Waals surface area contributed by atoms with E-state index in [4.69, 9.17) is 28.8 Å². The van der Waals surface area contributed by atoms with Crippen LogP contribution in [0, 0.1) is 11.8 Å². The van der Waals surface area contributed by atoms with Crippen molar-refractivity contribution in [2.75, 3.05) is 13.1 Å². The van der Waals surface area contributed by atoms with Gasteiger partial charge in [-0.05, 0) is 55.0 Å². The first-order chi connectivity index (χ1) is 32.3. The van der Waals surface area contributed by atoms with Crippen molar-refractivity contribution in [2.24, 2.45) is 29.0 Å². The third-order valence-corrected chi connectivity index (χ3v) is 11.3. The minimum atomic E-state index is -1.37. The van der Waals surface area contributed by atoms with E-state index in [1.807, 2.05) is 18.2 Å². The molecule has 0 radical (unpaired) electrons. The molecular weight excluding hydrogens is 902 g/mol. The van der Waals surface area contributed by atoms with Crippen molar-refractivity contribution < 1.29 is 43.2 Å². The van der Waals surface area contributed by atoms with Crippen LogP contribution in [0.1, 0.15) is 69.8 Å². The molecule has 366 valence electrons. The Morgan fingerprint density at radius 3 is 2.01 bits per heavy atom. The second-order valence-corrected chi connectivity index (χ2v) is 17.0. The number of imidazole rings is 1. The van der Waals surface area contributed by atoms with Gasteiger partial charge in [-0.2, -0.15) is 0 Å². The van der Waals surface area contributed by atoms with Crippen LogP contribution in [-0.4, -0.2) is 111 Å². The quantitative estimate of drug-likeness (QED) is 0.0367. The Hall–Kier alpha value is -7.33. The van der Waals surface area contributed by atoms with Gasteiger partial charge in [-0.15, -0.1) is 0 Å². The Morgan fingerprint density at radius 1 is 0.721 bits per heavy atom. The molecule has 22 nitrogen and oxygen atoms in total. The number of hydrogen-bond donors (Lipinski definition) is 12.